The molecule has 0 spiro atoms. The van der Waals surface area contributed by atoms with Crippen LogP contribution < -0.4 is 16.0 Å². The molecule has 8 nitrogen and oxygen atoms in total. The summed E-state index contributed by atoms with van der Waals surface area (Å²) in [5, 5.41) is 4.52. The van der Waals surface area contributed by atoms with Crippen molar-refractivity contribution in [3.63, 3.8) is 0 Å². The van der Waals surface area contributed by atoms with Crippen molar-refractivity contribution in [3.8, 4) is 11.4 Å². The van der Waals surface area contributed by atoms with Gasteiger partial charge in [-0.15, -0.1) is 0 Å². The van der Waals surface area contributed by atoms with Gasteiger partial charge in [0.2, 0.25) is 5.67 Å². The summed E-state index contributed by atoms with van der Waals surface area (Å²) in [7, 11) is 0. The first-order chi connectivity index (χ1) is 18.0. The first-order valence-electron chi connectivity index (χ1n) is 13.0. The van der Waals surface area contributed by atoms with Gasteiger partial charge in [0, 0.05) is 55.4 Å². The van der Waals surface area contributed by atoms with Crippen molar-refractivity contribution in [3.05, 3.63) is 53.4 Å². The zero-order valence-corrected chi connectivity index (χ0v) is 20.4. The van der Waals surface area contributed by atoms with Crippen molar-refractivity contribution in [1.82, 2.24) is 25.3 Å². The van der Waals surface area contributed by atoms with E-state index in [4.69, 9.17) is 20.7 Å². The number of nitrogens with zero attached hydrogens (tertiary/aromatic N) is 6. The molecule has 2 aliphatic heterocycles. The Morgan fingerprint density at radius 1 is 1.05 bits per heavy atom. The molecule has 10 heteroatoms. The molecule has 2 saturated carbocycles. The molecule has 3 N–H and O–H groups in total. The van der Waals surface area contributed by atoms with Gasteiger partial charge in [-0.25, -0.2) is 18.7 Å². The maximum atomic E-state index is 15.9. The van der Waals surface area contributed by atoms with Gasteiger partial charge >= 0.3 is 0 Å². The number of aliphatic imine (C=N–C) groups is 1. The summed E-state index contributed by atoms with van der Waals surface area (Å²) < 4.78 is 29.9. The molecule has 190 valence electrons. The Kier molecular flexibility index (Phi) is 5.30. The maximum absolute atomic E-state index is 15.9. The first kappa shape index (κ1) is 22.8. The zero-order valence-electron chi connectivity index (χ0n) is 20.4. The molecule has 2 aliphatic carbocycles. The number of fused-ring (bicyclic) bond motifs is 1. The number of pyridine rings is 2. The average Bonchev–Trinajstić information content (AvgIpc) is 3.84. The number of piperazine rings is 1. The predicted octanol–water partition coefficient (Wildman–Crippen LogP) is 3.64. The van der Waals surface area contributed by atoms with Crippen LogP contribution in [0.25, 0.3) is 22.3 Å². The summed E-state index contributed by atoms with van der Waals surface area (Å²) in [5.41, 5.74) is 7.26. The summed E-state index contributed by atoms with van der Waals surface area (Å²) in [6, 6.07) is 3.31. The normalized spacial score (nSPS) is 26.0. The van der Waals surface area contributed by atoms with E-state index in [0.29, 0.717) is 23.2 Å². The lowest BCUT2D eigenvalue weighted by Crippen LogP contribution is -2.44. The predicted molar refractivity (Wildman–Crippen MR) is 138 cm³/mol. The van der Waals surface area contributed by atoms with Gasteiger partial charge in [-0.1, -0.05) is 0 Å². The second-order valence-corrected chi connectivity index (χ2v) is 10.4. The number of dihydropyridines is 1. The van der Waals surface area contributed by atoms with Crippen LogP contribution in [-0.2, 0) is 5.67 Å². The van der Waals surface area contributed by atoms with Crippen molar-refractivity contribution in [1.29, 1.82) is 0 Å². The van der Waals surface area contributed by atoms with Crippen LogP contribution in [-0.4, -0.2) is 58.5 Å². The third kappa shape index (κ3) is 3.99. The number of nitrogens with one attached hydrogen (secondary N) is 1. The van der Waals surface area contributed by atoms with E-state index in [9.17, 15) is 4.39 Å². The van der Waals surface area contributed by atoms with Crippen LogP contribution in [0.5, 0.6) is 0 Å². The Morgan fingerprint density at radius 3 is 2.59 bits per heavy atom. The van der Waals surface area contributed by atoms with Crippen LogP contribution in [0.1, 0.15) is 54.5 Å². The van der Waals surface area contributed by atoms with E-state index in [1.165, 1.54) is 11.8 Å². The fraction of sp³-hybridized carbons (Fsp3) is 0.444. The van der Waals surface area contributed by atoms with Crippen LogP contribution in [0.4, 0.5) is 14.6 Å². The number of hydrogen-bond donors (Lipinski definition) is 2. The molecule has 7 rings (SSSR count). The number of halogens is 2. The second kappa shape index (κ2) is 8.59. The van der Waals surface area contributed by atoms with E-state index in [1.807, 2.05) is 6.20 Å². The summed E-state index contributed by atoms with van der Waals surface area (Å²) in [6.07, 6.45) is 8.52. The lowest BCUT2D eigenvalue weighted by atomic mass is 9.94. The minimum Gasteiger partial charge on any atom is -0.353 e. The molecule has 2 unspecified atom stereocenters. The number of anilines is 1. The minimum atomic E-state index is -2.37. The van der Waals surface area contributed by atoms with E-state index in [-0.39, 0.29) is 5.69 Å². The lowest BCUT2D eigenvalue weighted by molar-refractivity contribution is 0.179. The highest BCUT2D eigenvalue weighted by Crippen LogP contribution is 2.49. The summed E-state index contributed by atoms with van der Waals surface area (Å²) in [6.45, 7) is 3.42. The van der Waals surface area contributed by atoms with Gasteiger partial charge in [0.05, 0.1) is 23.1 Å². The Bertz CT molecular complexity index is 1440. The second-order valence-electron chi connectivity index (χ2n) is 10.4. The number of alkyl halides is 1. The third-order valence-corrected chi connectivity index (χ3v) is 7.71. The minimum absolute atomic E-state index is 0.0239. The number of allylic oxidation sites excluding steroid dienone is 1. The highest BCUT2D eigenvalue weighted by molar-refractivity contribution is 5.96. The molecule has 3 aromatic heterocycles. The van der Waals surface area contributed by atoms with E-state index in [0.717, 1.165) is 86.6 Å². The van der Waals surface area contributed by atoms with Crippen molar-refractivity contribution < 1.29 is 8.78 Å². The fourth-order valence-corrected chi connectivity index (χ4v) is 5.35. The molecule has 0 amide bonds. The van der Waals surface area contributed by atoms with Gasteiger partial charge in [0.1, 0.15) is 17.8 Å². The molecule has 0 bridgehead atoms. The van der Waals surface area contributed by atoms with Gasteiger partial charge in [0.25, 0.3) is 0 Å². The third-order valence-electron chi connectivity index (χ3n) is 7.71. The molecule has 5 heterocycles. The molecule has 37 heavy (non-hydrogen) atoms. The highest BCUT2D eigenvalue weighted by Gasteiger charge is 2.41. The Morgan fingerprint density at radius 2 is 1.84 bits per heavy atom. The Balaban J connectivity index is 1.42. The van der Waals surface area contributed by atoms with Crippen LogP contribution in [0.15, 0.2) is 41.4 Å². The SMILES string of the molecule is NC1N=CC(F)=CC1(F)c1cc(-c2nc(N3CCNCC3)c3c(C4CC4)cnc(C4CC4)c3n2)ccn1. The number of rotatable bonds is 5. The van der Waals surface area contributed by atoms with E-state index >= 15 is 4.39 Å². The molecule has 3 aromatic rings. The monoisotopic (exact) mass is 502 g/mol. The van der Waals surface area contributed by atoms with Crippen molar-refractivity contribution >= 4 is 22.9 Å². The quantitative estimate of drug-likeness (QED) is 0.549. The first-order valence-corrected chi connectivity index (χ1v) is 13.0. The lowest BCUT2D eigenvalue weighted by Gasteiger charge is -2.30. The van der Waals surface area contributed by atoms with E-state index in [2.05, 4.69) is 20.2 Å². The molecule has 0 aromatic carbocycles. The topological polar surface area (TPSA) is 105 Å². The average molecular weight is 503 g/mol. The fourth-order valence-electron chi connectivity index (χ4n) is 5.35. The Labute approximate surface area is 213 Å². The van der Waals surface area contributed by atoms with Crippen molar-refractivity contribution in [2.24, 2.45) is 10.7 Å². The van der Waals surface area contributed by atoms with Crippen LogP contribution in [0, 0.1) is 0 Å². The van der Waals surface area contributed by atoms with E-state index < -0.39 is 17.7 Å². The van der Waals surface area contributed by atoms with Crippen LogP contribution in [0.3, 0.4) is 0 Å². The maximum Gasteiger partial charge on any atom is 0.208 e. The number of nitrogens with two attached hydrogens (primary N) is 1. The largest absolute Gasteiger partial charge is 0.353 e. The Hall–Kier alpha value is -3.37. The molecule has 4 aliphatic rings. The molecular weight excluding hydrogens is 474 g/mol. The number of aromatic nitrogens is 4. The van der Waals surface area contributed by atoms with E-state index in [1.54, 1.807) is 12.1 Å². The molecule has 0 radical (unpaired) electrons. The van der Waals surface area contributed by atoms with Crippen molar-refractivity contribution in [2.75, 3.05) is 31.1 Å². The molecule has 1 saturated heterocycles. The summed E-state index contributed by atoms with van der Waals surface area (Å²) in [5.74, 6) is 1.50. The smallest absolute Gasteiger partial charge is 0.208 e. The van der Waals surface area contributed by atoms with Gasteiger partial charge in [-0.2, -0.15) is 0 Å². The van der Waals surface area contributed by atoms with Gasteiger partial charge in [-0.3, -0.25) is 15.0 Å². The highest BCUT2D eigenvalue weighted by atomic mass is 19.1. The zero-order chi connectivity index (χ0) is 25.1. The molecule has 2 atom stereocenters. The number of hydrogen-bond acceptors (Lipinski definition) is 8. The summed E-state index contributed by atoms with van der Waals surface area (Å²) in [4.78, 5) is 25.3. The van der Waals surface area contributed by atoms with Crippen LogP contribution in [0.2, 0.25) is 0 Å². The van der Waals surface area contributed by atoms with Crippen LogP contribution >= 0.6 is 0 Å². The van der Waals surface area contributed by atoms with Gasteiger partial charge < -0.3 is 16.0 Å². The van der Waals surface area contributed by atoms with Gasteiger partial charge in [-0.05, 0) is 55.4 Å². The molecular formula is C27H28F2N8. The molecule has 3 fully saturated rings. The summed E-state index contributed by atoms with van der Waals surface area (Å²) >= 11 is 0. The van der Waals surface area contributed by atoms with Gasteiger partial charge in [0.15, 0.2) is 5.82 Å². The van der Waals surface area contributed by atoms with Crippen molar-refractivity contribution in [2.45, 2.75) is 49.4 Å². The standard InChI is InChI=1S/C27H28F2N8/c28-18-12-27(29,26(30)34-13-18)20-11-17(5-6-32-20)24-35-23-21(25(36-24)37-9-7-31-8-10-37)19(15-1-2-15)14-33-22(23)16-3-4-16/h5-6,11-16,26,31H,1-4,7-10,30H2.